The molecular weight excluding hydrogens is 263 g/mol. The first-order valence-electron chi connectivity index (χ1n) is 7.02. The Labute approximate surface area is 126 Å². The van der Waals surface area contributed by atoms with Crippen LogP contribution in [0.1, 0.15) is 27.7 Å². The van der Waals surface area contributed by atoms with Crippen molar-refractivity contribution in [1.82, 2.24) is 9.97 Å². The maximum atomic E-state index is 10.1. The molecule has 1 N–H and O–H groups in total. The first kappa shape index (κ1) is 15.7. The monoisotopic (exact) mass is 284 g/mol. The molecule has 2 aromatic heterocycles. The van der Waals surface area contributed by atoms with Crippen molar-refractivity contribution in [3.8, 4) is 11.4 Å². The first-order chi connectivity index (χ1) is 9.79. The number of aliphatic hydroxyl groups is 1. The Kier molecular flexibility index (Phi) is 4.44. The van der Waals surface area contributed by atoms with E-state index >= 15 is 0 Å². The fraction of sp³-hybridized carbons (Fsp3) is 0.375. The van der Waals surface area contributed by atoms with Gasteiger partial charge in [0.25, 0.3) is 0 Å². The Bertz CT molecular complexity index is 577. The van der Waals surface area contributed by atoms with Crippen LogP contribution in [0.5, 0.6) is 0 Å². The van der Waals surface area contributed by atoms with Crippen molar-refractivity contribution < 1.29 is 9.76 Å². The van der Waals surface area contributed by atoms with Gasteiger partial charge in [-0.05, 0) is 51.4 Å². The van der Waals surface area contributed by atoms with Gasteiger partial charge >= 0.3 is 7.48 Å². The van der Waals surface area contributed by atoms with Gasteiger partial charge in [0, 0.05) is 12.4 Å². The van der Waals surface area contributed by atoms with Gasteiger partial charge in [0.15, 0.2) is 0 Å². The normalized spacial score (nSPS) is 12.2. The third-order valence-electron chi connectivity index (χ3n) is 3.83. The average Bonchev–Trinajstić information content (AvgIpc) is 2.45. The van der Waals surface area contributed by atoms with Gasteiger partial charge in [-0.3, -0.25) is 9.97 Å². The van der Waals surface area contributed by atoms with E-state index in [1.165, 1.54) is 0 Å². The summed E-state index contributed by atoms with van der Waals surface area (Å²) in [6.45, 7) is 7.25. The highest BCUT2D eigenvalue weighted by atomic mass is 16.5. The standard InChI is InChI=1S/C16H21BN2O2/c1-15(2,20)16(3,4)21-17-12-8-9-14(19-11-12)13-7-5-6-10-18-13/h5-11,17,20H,1-4H3. The van der Waals surface area contributed by atoms with E-state index in [1.54, 1.807) is 26.2 Å². The van der Waals surface area contributed by atoms with Crippen LogP contribution < -0.4 is 5.46 Å². The van der Waals surface area contributed by atoms with Gasteiger partial charge in [0.2, 0.25) is 0 Å². The first-order valence-corrected chi connectivity index (χ1v) is 7.02. The number of hydrogen-bond acceptors (Lipinski definition) is 4. The number of nitrogens with zero attached hydrogens (tertiary/aromatic N) is 2. The Balaban J connectivity index is 2.04. The Hall–Kier alpha value is -1.72. The third-order valence-corrected chi connectivity index (χ3v) is 3.83. The Morgan fingerprint density at radius 2 is 1.71 bits per heavy atom. The fourth-order valence-electron chi connectivity index (χ4n) is 1.62. The lowest BCUT2D eigenvalue weighted by atomic mass is 9.83. The molecule has 0 aromatic carbocycles. The van der Waals surface area contributed by atoms with E-state index in [4.69, 9.17) is 4.65 Å². The molecule has 0 unspecified atom stereocenters. The molecule has 0 saturated carbocycles. The van der Waals surface area contributed by atoms with Crippen molar-refractivity contribution in [2.75, 3.05) is 0 Å². The van der Waals surface area contributed by atoms with Crippen LogP contribution in [-0.2, 0) is 4.65 Å². The predicted octanol–water partition coefficient (Wildman–Crippen LogP) is 1.69. The van der Waals surface area contributed by atoms with Crippen LogP contribution in [0.4, 0.5) is 0 Å². The van der Waals surface area contributed by atoms with Crippen molar-refractivity contribution in [3.05, 3.63) is 42.7 Å². The van der Waals surface area contributed by atoms with E-state index in [2.05, 4.69) is 9.97 Å². The zero-order chi connectivity index (χ0) is 15.5. The zero-order valence-corrected chi connectivity index (χ0v) is 13.0. The molecule has 0 amide bonds. The lowest BCUT2D eigenvalue weighted by molar-refractivity contribution is -0.0893. The summed E-state index contributed by atoms with van der Waals surface area (Å²) in [5.41, 5.74) is 1.11. The molecule has 0 atom stereocenters. The molecule has 2 aromatic rings. The smallest absolute Gasteiger partial charge is 0.311 e. The lowest BCUT2D eigenvalue weighted by Crippen LogP contribution is -2.49. The second-order valence-corrected chi connectivity index (χ2v) is 6.12. The van der Waals surface area contributed by atoms with Crippen LogP contribution in [0.25, 0.3) is 11.4 Å². The van der Waals surface area contributed by atoms with Crippen molar-refractivity contribution in [2.24, 2.45) is 0 Å². The van der Waals surface area contributed by atoms with Crippen molar-refractivity contribution in [3.63, 3.8) is 0 Å². The minimum Gasteiger partial charge on any atom is -0.427 e. The van der Waals surface area contributed by atoms with Crippen LogP contribution in [0, 0.1) is 0 Å². The van der Waals surface area contributed by atoms with Gasteiger partial charge in [0.1, 0.15) is 0 Å². The number of pyridine rings is 2. The van der Waals surface area contributed by atoms with E-state index in [1.807, 2.05) is 44.2 Å². The topological polar surface area (TPSA) is 55.2 Å². The molecular formula is C16H21BN2O2. The summed E-state index contributed by atoms with van der Waals surface area (Å²) in [6, 6.07) is 9.64. The molecule has 5 heteroatoms. The average molecular weight is 284 g/mol. The summed E-state index contributed by atoms with van der Waals surface area (Å²) >= 11 is 0. The molecule has 0 fully saturated rings. The molecule has 2 heterocycles. The van der Waals surface area contributed by atoms with E-state index in [-0.39, 0.29) is 0 Å². The van der Waals surface area contributed by atoms with Gasteiger partial charge in [-0.2, -0.15) is 0 Å². The molecule has 0 radical (unpaired) electrons. The third kappa shape index (κ3) is 3.89. The Morgan fingerprint density at radius 3 is 2.24 bits per heavy atom. The minimum atomic E-state index is -0.908. The van der Waals surface area contributed by atoms with Crippen molar-refractivity contribution in [2.45, 2.75) is 38.9 Å². The predicted molar refractivity (Wildman–Crippen MR) is 85.7 cm³/mol. The van der Waals surface area contributed by atoms with E-state index in [9.17, 15) is 5.11 Å². The van der Waals surface area contributed by atoms with Crippen LogP contribution in [0.2, 0.25) is 0 Å². The van der Waals surface area contributed by atoms with Crippen LogP contribution in [0.3, 0.4) is 0 Å². The van der Waals surface area contributed by atoms with Crippen LogP contribution in [-0.4, -0.2) is 33.8 Å². The highest BCUT2D eigenvalue weighted by molar-refractivity contribution is 6.46. The van der Waals surface area contributed by atoms with Gasteiger partial charge in [0.05, 0.1) is 22.6 Å². The maximum Gasteiger partial charge on any atom is 0.311 e. The summed E-state index contributed by atoms with van der Waals surface area (Å²) in [6.07, 6.45) is 3.53. The molecule has 0 aliphatic carbocycles. The van der Waals surface area contributed by atoms with Crippen LogP contribution in [0.15, 0.2) is 42.7 Å². The molecule has 2 rings (SSSR count). The van der Waals surface area contributed by atoms with Gasteiger partial charge in [-0.1, -0.05) is 12.1 Å². The van der Waals surface area contributed by atoms with Crippen LogP contribution >= 0.6 is 0 Å². The van der Waals surface area contributed by atoms with Crippen molar-refractivity contribution in [1.29, 1.82) is 0 Å². The largest absolute Gasteiger partial charge is 0.427 e. The molecule has 4 nitrogen and oxygen atoms in total. The van der Waals surface area contributed by atoms with Crippen molar-refractivity contribution >= 4 is 12.9 Å². The van der Waals surface area contributed by atoms with Gasteiger partial charge < -0.3 is 9.76 Å². The fourth-order valence-corrected chi connectivity index (χ4v) is 1.62. The SMILES string of the molecule is CC(C)(O)C(C)(C)OBc1ccc(-c2ccccn2)nc1. The second kappa shape index (κ2) is 5.96. The summed E-state index contributed by atoms with van der Waals surface area (Å²) in [5.74, 6) is 0. The minimum absolute atomic E-state index is 0.409. The van der Waals surface area contributed by atoms with Gasteiger partial charge in [-0.25, -0.2) is 0 Å². The summed E-state index contributed by atoms with van der Waals surface area (Å²) < 4.78 is 5.82. The molecule has 110 valence electrons. The molecule has 21 heavy (non-hydrogen) atoms. The maximum absolute atomic E-state index is 10.1. The molecule has 0 spiro atoms. The summed E-state index contributed by atoms with van der Waals surface area (Å²) in [4.78, 5) is 8.68. The summed E-state index contributed by atoms with van der Waals surface area (Å²) in [7, 11) is 0.409. The molecule has 0 aliphatic heterocycles. The zero-order valence-electron chi connectivity index (χ0n) is 13.0. The molecule has 0 saturated heterocycles. The highest BCUT2D eigenvalue weighted by Crippen LogP contribution is 2.24. The molecule has 0 bridgehead atoms. The lowest BCUT2D eigenvalue weighted by Gasteiger charge is -2.37. The highest BCUT2D eigenvalue weighted by Gasteiger charge is 2.35. The van der Waals surface area contributed by atoms with E-state index < -0.39 is 11.2 Å². The van der Waals surface area contributed by atoms with Gasteiger partial charge in [-0.15, -0.1) is 0 Å². The number of rotatable bonds is 5. The Morgan fingerprint density at radius 1 is 1.00 bits per heavy atom. The van der Waals surface area contributed by atoms with E-state index in [0.717, 1.165) is 16.9 Å². The quantitative estimate of drug-likeness (QED) is 0.849. The number of hydrogen-bond donors (Lipinski definition) is 1. The second-order valence-electron chi connectivity index (χ2n) is 6.12. The van der Waals surface area contributed by atoms with E-state index in [0.29, 0.717) is 7.48 Å². The summed E-state index contributed by atoms with van der Waals surface area (Å²) in [5, 5.41) is 10.1. The molecule has 0 aliphatic rings. The number of aromatic nitrogens is 2.